The number of anilines is 1. The summed E-state index contributed by atoms with van der Waals surface area (Å²) in [6.45, 7) is 0. The zero-order valence-corrected chi connectivity index (χ0v) is 15.6. The third kappa shape index (κ3) is 3.59. The first-order chi connectivity index (χ1) is 12.9. The minimum atomic E-state index is -3.78. The zero-order valence-electron chi connectivity index (χ0n) is 14.0. The van der Waals surface area contributed by atoms with Crippen molar-refractivity contribution in [2.75, 3.05) is 4.72 Å². The number of nitrogens with zero attached hydrogens (tertiary/aromatic N) is 3. The molecule has 27 heavy (non-hydrogen) atoms. The Morgan fingerprint density at radius 2 is 1.81 bits per heavy atom. The summed E-state index contributed by atoms with van der Waals surface area (Å²) in [5, 5.41) is 8.55. The molecule has 4 rings (SSSR count). The molecule has 0 atom stereocenters. The highest BCUT2D eigenvalue weighted by Crippen LogP contribution is 2.27. The molecule has 0 aliphatic rings. The normalized spacial score (nSPS) is 11.7. The van der Waals surface area contributed by atoms with Gasteiger partial charge in [-0.3, -0.25) is 4.72 Å². The van der Waals surface area contributed by atoms with Gasteiger partial charge < -0.3 is 14.5 Å². The van der Waals surface area contributed by atoms with E-state index in [1.54, 1.807) is 41.2 Å². The summed E-state index contributed by atoms with van der Waals surface area (Å²) < 4.78 is 29.5. The first-order valence-electron chi connectivity index (χ1n) is 7.77. The van der Waals surface area contributed by atoms with Gasteiger partial charge in [-0.2, -0.15) is 0 Å². The fraction of sp³-hybridized carbons (Fsp3) is 0.0625. The van der Waals surface area contributed by atoms with E-state index >= 15 is 0 Å². The van der Waals surface area contributed by atoms with Gasteiger partial charge in [-0.05, 0) is 54.2 Å². The predicted octanol–water partition coefficient (Wildman–Crippen LogP) is 1.94. The Bertz CT molecular complexity index is 1270. The van der Waals surface area contributed by atoms with Crippen molar-refractivity contribution in [3.8, 4) is 0 Å². The summed E-state index contributed by atoms with van der Waals surface area (Å²) >= 11 is 1.42. The van der Waals surface area contributed by atoms with Crippen molar-refractivity contribution in [1.29, 1.82) is 0 Å². The van der Waals surface area contributed by atoms with Gasteiger partial charge in [-0.15, -0.1) is 10.2 Å². The van der Waals surface area contributed by atoms with Crippen molar-refractivity contribution in [2.24, 2.45) is 7.05 Å². The Kier molecular flexibility index (Phi) is 4.24. The van der Waals surface area contributed by atoms with Crippen LogP contribution >= 0.6 is 11.8 Å². The number of sulfonamides is 1. The molecule has 0 aliphatic heterocycles. The monoisotopic (exact) mass is 402 g/mol. The van der Waals surface area contributed by atoms with Crippen LogP contribution in [0, 0.1) is 0 Å². The molecule has 3 N–H and O–H groups in total. The first-order valence-corrected chi connectivity index (χ1v) is 10.1. The smallest absolute Gasteiger partial charge is 0.311 e. The van der Waals surface area contributed by atoms with E-state index in [0.29, 0.717) is 16.7 Å². The number of hydrogen-bond acceptors (Lipinski definition) is 6. The lowest BCUT2D eigenvalue weighted by Gasteiger charge is -2.09. The molecule has 0 bridgehead atoms. The molecule has 0 amide bonds. The van der Waals surface area contributed by atoms with Crippen LogP contribution < -0.4 is 10.4 Å². The molecule has 0 aliphatic carbocycles. The average Bonchev–Trinajstić information content (AvgIpc) is 3.20. The summed E-state index contributed by atoms with van der Waals surface area (Å²) in [5.74, 6) is 0. The van der Waals surface area contributed by atoms with E-state index in [4.69, 9.17) is 0 Å². The fourth-order valence-corrected chi connectivity index (χ4v) is 4.30. The molecule has 138 valence electrons. The van der Waals surface area contributed by atoms with Crippen LogP contribution in [-0.4, -0.2) is 33.2 Å². The SMILES string of the molecule is Cn1cnnc1Sc1ccc(NS(=O)(=O)c2ccc3[nH]c(=O)[nH]c3c2)cc1. The molecule has 9 nitrogen and oxygen atoms in total. The number of fused-ring (bicyclic) bond motifs is 1. The van der Waals surface area contributed by atoms with Gasteiger partial charge in [0.1, 0.15) is 6.33 Å². The van der Waals surface area contributed by atoms with Crippen LogP contribution in [0.15, 0.2) is 68.5 Å². The maximum Gasteiger partial charge on any atom is 0.323 e. The van der Waals surface area contributed by atoms with Crippen molar-refractivity contribution in [2.45, 2.75) is 14.9 Å². The number of aromatic amines is 2. The Balaban J connectivity index is 1.54. The Morgan fingerprint density at radius 3 is 2.52 bits per heavy atom. The van der Waals surface area contributed by atoms with E-state index in [1.165, 1.54) is 23.9 Å². The molecule has 0 saturated heterocycles. The highest BCUT2D eigenvalue weighted by atomic mass is 32.2. The van der Waals surface area contributed by atoms with Crippen LogP contribution in [-0.2, 0) is 17.1 Å². The Labute approximate surface area is 157 Å². The second-order valence-corrected chi connectivity index (χ2v) is 8.47. The molecule has 0 saturated carbocycles. The van der Waals surface area contributed by atoms with Gasteiger partial charge in [-0.1, -0.05) is 0 Å². The van der Waals surface area contributed by atoms with Gasteiger partial charge in [0.2, 0.25) is 0 Å². The molecule has 4 aromatic rings. The topological polar surface area (TPSA) is 126 Å². The summed E-state index contributed by atoms with van der Waals surface area (Å²) in [4.78, 5) is 17.4. The fourth-order valence-electron chi connectivity index (χ4n) is 2.45. The summed E-state index contributed by atoms with van der Waals surface area (Å²) in [5.41, 5.74) is 1.02. The van der Waals surface area contributed by atoms with Crippen LogP contribution in [0.3, 0.4) is 0 Å². The standard InChI is InChI=1S/C16H14N6O3S2/c1-22-9-17-20-16(22)26-11-4-2-10(3-5-11)21-27(24,25)12-6-7-13-14(8-12)19-15(23)18-13/h2-9,21H,1H3,(H2,18,19,23). The van der Waals surface area contributed by atoms with Crippen molar-refractivity contribution in [3.05, 3.63) is 59.3 Å². The van der Waals surface area contributed by atoms with Crippen molar-refractivity contribution < 1.29 is 8.42 Å². The first kappa shape index (κ1) is 17.4. The van der Waals surface area contributed by atoms with E-state index < -0.39 is 10.0 Å². The van der Waals surface area contributed by atoms with Gasteiger partial charge in [0.25, 0.3) is 10.0 Å². The molecular weight excluding hydrogens is 388 g/mol. The molecule has 0 radical (unpaired) electrons. The number of nitrogens with one attached hydrogen (secondary N) is 3. The number of aromatic nitrogens is 5. The average molecular weight is 402 g/mol. The van der Waals surface area contributed by atoms with Gasteiger partial charge in [0.15, 0.2) is 5.16 Å². The number of H-pyrrole nitrogens is 2. The molecular formula is C16H14N6O3S2. The third-order valence-corrected chi connectivity index (χ3v) is 6.22. The van der Waals surface area contributed by atoms with Gasteiger partial charge >= 0.3 is 5.69 Å². The highest BCUT2D eigenvalue weighted by Gasteiger charge is 2.15. The lowest BCUT2D eigenvalue weighted by Crippen LogP contribution is -2.12. The Hall–Kier alpha value is -3.05. The molecule has 11 heteroatoms. The highest BCUT2D eigenvalue weighted by molar-refractivity contribution is 7.99. The van der Waals surface area contributed by atoms with Gasteiger partial charge in [0, 0.05) is 17.6 Å². The number of aryl methyl sites for hydroxylation is 1. The van der Waals surface area contributed by atoms with Crippen molar-refractivity contribution in [3.63, 3.8) is 0 Å². The lowest BCUT2D eigenvalue weighted by molar-refractivity contribution is 0.601. The molecule has 0 spiro atoms. The maximum atomic E-state index is 12.6. The number of imidazole rings is 1. The molecule has 0 unspecified atom stereocenters. The van der Waals surface area contributed by atoms with Crippen LogP contribution in [0.1, 0.15) is 0 Å². The van der Waals surface area contributed by atoms with Crippen LogP contribution in [0.25, 0.3) is 11.0 Å². The molecule has 0 fully saturated rings. The van der Waals surface area contributed by atoms with E-state index in [0.717, 1.165) is 10.1 Å². The summed E-state index contributed by atoms with van der Waals surface area (Å²) in [6, 6.07) is 11.3. The minimum Gasteiger partial charge on any atom is -0.311 e. The molecule has 2 aromatic heterocycles. The summed E-state index contributed by atoms with van der Waals surface area (Å²) in [6.07, 6.45) is 1.61. The molecule has 2 aromatic carbocycles. The predicted molar refractivity (Wildman–Crippen MR) is 101 cm³/mol. The van der Waals surface area contributed by atoms with Crippen molar-refractivity contribution in [1.82, 2.24) is 24.7 Å². The van der Waals surface area contributed by atoms with Crippen LogP contribution in [0.2, 0.25) is 0 Å². The van der Waals surface area contributed by atoms with Crippen molar-refractivity contribution >= 4 is 38.5 Å². The van der Waals surface area contributed by atoms with E-state index in [9.17, 15) is 13.2 Å². The lowest BCUT2D eigenvalue weighted by atomic mass is 10.3. The quantitative estimate of drug-likeness (QED) is 0.468. The zero-order chi connectivity index (χ0) is 19.0. The Morgan fingerprint density at radius 1 is 1.07 bits per heavy atom. The summed E-state index contributed by atoms with van der Waals surface area (Å²) in [7, 11) is -1.94. The minimum absolute atomic E-state index is 0.0581. The van der Waals surface area contributed by atoms with Gasteiger partial charge in [-0.25, -0.2) is 13.2 Å². The van der Waals surface area contributed by atoms with Gasteiger partial charge in [0.05, 0.1) is 15.9 Å². The number of hydrogen-bond donors (Lipinski definition) is 3. The number of rotatable bonds is 5. The largest absolute Gasteiger partial charge is 0.323 e. The van der Waals surface area contributed by atoms with Crippen LogP contribution in [0.5, 0.6) is 0 Å². The maximum absolute atomic E-state index is 12.6. The number of benzene rings is 2. The molecule has 2 heterocycles. The van der Waals surface area contributed by atoms with E-state index in [1.807, 2.05) is 7.05 Å². The van der Waals surface area contributed by atoms with Crippen LogP contribution in [0.4, 0.5) is 5.69 Å². The second-order valence-electron chi connectivity index (χ2n) is 5.74. The second kappa shape index (κ2) is 6.59. The van der Waals surface area contributed by atoms with E-state index in [-0.39, 0.29) is 10.6 Å². The third-order valence-electron chi connectivity index (χ3n) is 3.78. The van der Waals surface area contributed by atoms with E-state index in [2.05, 4.69) is 24.9 Å².